The third-order valence-electron chi connectivity index (χ3n) is 14.6. The smallest absolute Gasteiger partial charge is 0.471 e. The molecule has 0 aliphatic heterocycles. The SMILES string of the molecule is COC(=O)C1(N(C(=O)C(F)(F)F)c2cccc(Cl)c2)CCC2(CC1)c1cc(OCC(CC(=O)OC(C)(C)C)O[Si](C)(C)C(C)(C)C)ccc1C[C@@H]2C[C@@H](C)COc1ccnc2c1[C@H](C)CCC2. The number of aryl methyl sites for hydroxylation is 1. The zero-order valence-electron chi connectivity index (χ0n) is 41.2. The van der Waals surface area contributed by atoms with Gasteiger partial charge in [0.05, 0.1) is 26.2 Å². The lowest BCUT2D eigenvalue weighted by Gasteiger charge is -2.51. The lowest BCUT2D eigenvalue weighted by Crippen LogP contribution is -2.63. The van der Waals surface area contributed by atoms with Gasteiger partial charge in [0.1, 0.15) is 29.2 Å². The molecule has 0 bridgehead atoms. The first-order valence-electron chi connectivity index (χ1n) is 23.7. The highest BCUT2D eigenvalue weighted by Gasteiger charge is 2.60. The Morgan fingerprint density at radius 1 is 0.955 bits per heavy atom. The number of pyridine rings is 1. The maximum Gasteiger partial charge on any atom is 0.471 e. The Bertz CT molecular complexity index is 2270. The molecule has 1 fully saturated rings. The average Bonchev–Trinajstić information content (AvgIpc) is 3.51. The number of methoxy groups -OCH3 is 1. The van der Waals surface area contributed by atoms with Gasteiger partial charge < -0.3 is 23.4 Å². The van der Waals surface area contributed by atoms with Crippen molar-refractivity contribution in [3.8, 4) is 11.5 Å². The van der Waals surface area contributed by atoms with E-state index in [-0.39, 0.29) is 72.3 Å². The van der Waals surface area contributed by atoms with Crippen LogP contribution in [-0.2, 0) is 46.5 Å². The number of nitrogens with zero attached hydrogens (tertiary/aromatic N) is 2. The van der Waals surface area contributed by atoms with Crippen LogP contribution >= 0.6 is 11.6 Å². The number of alkyl halides is 3. The second-order valence-corrected chi connectivity index (χ2v) is 26.9. The molecule has 0 radical (unpaired) electrons. The number of hydrogen-bond donors (Lipinski definition) is 0. The van der Waals surface area contributed by atoms with Crippen molar-refractivity contribution in [3.05, 3.63) is 82.1 Å². The number of esters is 2. The van der Waals surface area contributed by atoms with Gasteiger partial charge in [-0.3, -0.25) is 19.5 Å². The highest BCUT2D eigenvalue weighted by molar-refractivity contribution is 6.74. The third kappa shape index (κ3) is 11.7. The van der Waals surface area contributed by atoms with Crippen molar-refractivity contribution in [3.63, 3.8) is 0 Å². The van der Waals surface area contributed by atoms with Crippen molar-refractivity contribution >= 4 is 43.5 Å². The summed E-state index contributed by atoms with van der Waals surface area (Å²) in [7, 11) is -1.24. The summed E-state index contributed by atoms with van der Waals surface area (Å²) >= 11 is 6.31. The molecular weight excluding hydrogens is 901 g/mol. The number of aromatic nitrogens is 1. The summed E-state index contributed by atoms with van der Waals surface area (Å²) in [6.45, 7) is 21.0. The minimum Gasteiger partial charge on any atom is -0.493 e. The van der Waals surface area contributed by atoms with Crippen molar-refractivity contribution in [1.29, 1.82) is 0 Å². The summed E-state index contributed by atoms with van der Waals surface area (Å²) < 4.78 is 74.7. The summed E-state index contributed by atoms with van der Waals surface area (Å²) in [5.41, 5.74) is 0.891. The second kappa shape index (κ2) is 20.1. The lowest BCUT2D eigenvalue weighted by atomic mass is 9.59. The maximum atomic E-state index is 14.6. The summed E-state index contributed by atoms with van der Waals surface area (Å²) in [6, 6.07) is 13.5. The molecular formula is C52H70ClF3N2O8Si. The molecule has 3 aliphatic rings. The van der Waals surface area contributed by atoms with Crippen LogP contribution in [0.4, 0.5) is 18.9 Å². The standard InChI is InChI=1S/C52H70ClF3N2O8Si/c1-33(31-64-43-20-25-57-42-17-12-14-34(2)45(42)43)26-36-27-35-18-19-39(63-32-40(30-44(59)65-48(3,4)5)66-67(10,11)49(6,7)8)29-41(35)50(36)21-23-51(24-22-50,47(61)62-9)58(46(60)52(54,55)56)38-16-13-15-37(53)28-38/h13,15-16,18-20,25,28-29,33-34,36,40H,12,14,17,21-24,26-27,30-32H2,1-11H3/t33-,34-,36+,40?,50?,51?/m1/s1. The number of carbonyl (C=O) groups is 3. The molecule has 368 valence electrons. The van der Waals surface area contributed by atoms with Gasteiger partial charge in [0.2, 0.25) is 0 Å². The molecule has 4 atom stereocenters. The normalized spacial score (nSPS) is 22.9. The fraction of sp³-hybridized carbons (Fsp3) is 0.615. The number of amides is 1. The topological polar surface area (TPSA) is 113 Å². The van der Waals surface area contributed by atoms with Crippen LogP contribution in [0.1, 0.15) is 135 Å². The van der Waals surface area contributed by atoms with Gasteiger partial charge in [-0.25, -0.2) is 4.79 Å². The Balaban J connectivity index is 1.35. The number of rotatable bonds is 15. The molecule has 1 heterocycles. The molecule has 1 spiro atoms. The van der Waals surface area contributed by atoms with Gasteiger partial charge in [-0.05, 0) is 167 Å². The van der Waals surface area contributed by atoms with Crippen LogP contribution in [0.2, 0.25) is 23.2 Å². The lowest BCUT2D eigenvalue weighted by molar-refractivity contribution is -0.174. The van der Waals surface area contributed by atoms with E-state index in [0.29, 0.717) is 29.6 Å². The number of benzene rings is 2. The van der Waals surface area contributed by atoms with E-state index in [1.54, 1.807) is 0 Å². The van der Waals surface area contributed by atoms with Gasteiger partial charge in [0.15, 0.2) is 8.32 Å². The molecule has 1 unspecified atom stereocenters. The van der Waals surface area contributed by atoms with Crippen molar-refractivity contribution in [2.75, 3.05) is 25.2 Å². The predicted octanol–water partition coefficient (Wildman–Crippen LogP) is 12.3. The molecule has 0 saturated heterocycles. The maximum absolute atomic E-state index is 14.6. The zero-order valence-corrected chi connectivity index (χ0v) is 42.9. The van der Waals surface area contributed by atoms with E-state index in [1.165, 1.54) is 29.8 Å². The Hall–Kier alpha value is -4.14. The molecule has 6 rings (SSSR count). The van der Waals surface area contributed by atoms with Gasteiger partial charge in [0, 0.05) is 28.2 Å². The Morgan fingerprint density at radius 2 is 1.66 bits per heavy atom. The highest BCUT2D eigenvalue weighted by Crippen LogP contribution is 2.58. The number of ether oxygens (including phenoxy) is 4. The zero-order chi connectivity index (χ0) is 49.3. The van der Waals surface area contributed by atoms with E-state index in [1.807, 2.05) is 51.2 Å². The predicted molar refractivity (Wildman–Crippen MR) is 256 cm³/mol. The molecule has 1 amide bonds. The summed E-state index contributed by atoms with van der Waals surface area (Å²) in [5.74, 6) is -1.68. The van der Waals surface area contributed by atoms with Crippen LogP contribution in [0.5, 0.6) is 11.5 Å². The fourth-order valence-corrected chi connectivity index (χ4v) is 11.9. The molecule has 3 aromatic rings. The molecule has 2 aromatic carbocycles. The molecule has 3 aliphatic carbocycles. The van der Waals surface area contributed by atoms with Crippen LogP contribution in [0.15, 0.2) is 54.7 Å². The van der Waals surface area contributed by atoms with Gasteiger partial charge in [-0.15, -0.1) is 0 Å². The first kappa shape index (κ1) is 52.2. The second-order valence-electron chi connectivity index (χ2n) is 21.7. The van der Waals surface area contributed by atoms with Crippen molar-refractivity contribution in [2.45, 2.75) is 172 Å². The van der Waals surface area contributed by atoms with Gasteiger partial charge in [0.25, 0.3) is 0 Å². The summed E-state index contributed by atoms with van der Waals surface area (Å²) in [4.78, 5) is 46.1. The van der Waals surface area contributed by atoms with E-state index in [2.05, 4.69) is 52.7 Å². The molecule has 15 heteroatoms. The minimum atomic E-state index is -5.30. The average molecular weight is 972 g/mol. The number of halogens is 4. The largest absolute Gasteiger partial charge is 0.493 e. The fourth-order valence-electron chi connectivity index (χ4n) is 10.4. The van der Waals surface area contributed by atoms with Gasteiger partial charge in [-0.2, -0.15) is 13.2 Å². The molecule has 67 heavy (non-hydrogen) atoms. The number of fused-ring (bicyclic) bond motifs is 3. The van der Waals surface area contributed by atoms with Crippen molar-refractivity contribution in [1.82, 2.24) is 4.98 Å². The highest BCUT2D eigenvalue weighted by atomic mass is 35.5. The van der Waals surface area contributed by atoms with Gasteiger partial charge >= 0.3 is 24.0 Å². The van der Waals surface area contributed by atoms with E-state index in [0.717, 1.165) is 55.4 Å². The van der Waals surface area contributed by atoms with E-state index in [4.69, 9.17) is 35.0 Å². The first-order valence-corrected chi connectivity index (χ1v) is 27.0. The molecule has 10 nitrogen and oxygen atoms in total. The summed E-state index contributed by atoms with van der Waals surface area (Å²) in [5, 5.41) is -0.0250. The van der Waals surface area contributed by atoms with Gasteiger partial charge in [-0.1, -0.05) is 58.4 Å². The van der Waals surface area contributed by atoms with Crippen LogP contribution < -0.4 is 14.4 Å². The van der Waals surface area contributed by atoms with E-state index >= 15 is 0 Å². The molecule has 0 N–H and O–H groups in total. The number of anilines is 1. The number of hydrogen-bond acceptors (Lipinski definition) is 9. The quantitative estimate of drug-likeness (QED) is 0.108. The van der Waals surface area contributed by atoms with Crippen LogP contribution in [0, 0.1) is 11.8 Å². The first-order chi connectivity index (χ1) is 31.2. The van der Waals surface area contributed by atoms with Crippen molar-refractivity contribution < 1.29 is 50.9 Å². The summed E-state index contributed by atoms with van der Waals surface area (Å²) in [6.07, 6.45) is 0.708. The minimum absolute atomic E-state index is 0.00269. The number of carbonyl (C=O) groups excluding carboxylic acids is 3. The Kier molecular flexibility index (Phi) is 15.6. The Labute approximate surface area is 401 Å². The Morgan fingerprint density at radius 3 is 2.28 bits per heavy atom. The van der Waals surface area contributed by atoms with Crippen LogP contribution in [0.3, 0.4) is 0 Å². The van der Waals surface area contributed by atoms with E-state index in [9.17, 15) is 27.6 Å². The van der Waals surface area contributed by atoms with E-state index < -0.39 is 49.0 Å². The monoisotopic (exact) mass is 970 g/mol. The molecule has 1 aromatic heterocycles. The van der Waals surface area contributed by atoms with Crippen molar-refractivity contribution in [2.24, 2.45) is 11.8 Å². The third-order valence-corrected chi connectivity index (χ3v) is 19.4. The molecule has 1 saturated carbocycles. The van der Waals surface area contributed by atoms with Crippen LogP contribution in [0.25, 0.3) is 0 Å². The van der Waals surface area contributed by atoms with Crippen LogP contribution in [-0.4, -0.2) is 74.9 Å².